The van der Waals surface area contributed by atoms with Crippen molar-refractivity contribution >= 4 is 5.91 Å². The normalized spacial score (nSPS) is 15.7. The number of carbonyl (C=O) groups is 1. The fourth-order valence-corrected chi connectivity index (χ4v) is 2.44. The van der Waals surface area contributed by atoms with E-state index >= 15 is 0 Å². The summed E-state index contributed by atoms with van der Waals surface area (Å²) in [4.78, 5) is 13.8. The van der Waals surface area contributed by atoms with Crippen LogP contribution in [0.15, 0.2) is 30.6 Å². The standard InChI is InChI=1S/C14H13F3N4O/c1-9-19-18-8-21(9)12-6-20(7-12)13(22)10-2-4-11(5-3-10)14(15,16)17/h2-5,8,12H,6-7H2,1H3. The quantitative estimate of drug-likeness (QED) is 0.855. The van der Waals surface area contributed by atoms with Gasteiger partial charge in [-0.3, -0.25) is 4.79 Å². The third-order valence-corrected chi connectivity index (χ3v) is 3.75. The number of rotatable bonds is 2. The Morgan fingerprint density at radius 1 is 1.23 bits per heavy atom. The number of amides is 1. The van der Waals surface area contributed by atoms with Gasteiger partial charge in [-0.2, -0.15) is 13.2 Å². The number of benzene rings is 1. The van der Waals surface area contributed by atoms with Gasteiger partial charge in [0.2, 0.25) is 0 Å². The maximum atomic E-state index is 12.5. The summed E-state index contributed by atoms with van der Waals surface area (Å²) in [5.41, 5.74) is -0.502. The summed E-state index contributed by atoms with van der Waals surface area (Å²) in [5, 5.41) is 7.67. The summed E-state index contributed by atoms with van der Waals surface area (Å²) in [6, 6.07) is 4.39. The number of halogens is 3. The van der Waals surface area contributed by atoms with Crippen molar-refractivity contribution < 1.29 is 18.0 Å². The second-order valence-corrected chi connectivity index (χ2v) is 5.22. The summed E-state index contributed by atoms with van der Waals surface area (Å²) in [5.74, 6) is 0.502. The molecule has 0 N–H and O–H groups in total. The average molecular weight is 310 g/mol. The smallest absolute Gasteiger partial charge is 0.334 e. The number of alkyl halides is 3. The Morgan fingerprint density at radius 2 is 1.86 bits per heavy atom. The van der Waals surface area contributed by atoms with Gasteiger partial charge in [-0.05, 0) is 31.2 Å². The van der Waals surface area contributed by atoms with Crippen molar-refractivity contribution in [3.8, 4) is 0 Å². The van der Waals surface area contributed by atoms with Gasteiger partial charge in [-0.1, -0.05) is 0 Å². The lowest BCUT2D eigenvalue weighted by Gasteiger charge is -2.40. The zero-order valence-electron chi connectivity index (χ0n) is 11.7. The summed E-state index contributed by atoms with van der Waals surface area (Å²) < 4.78 is 39.4. The molecule has 1 amide bonds. The third-order valence-electron chi connectivity index (χ3n) is 3.75. The summed E-state index contributed by atoms with van der Waals surface area (Å²) in [6.45, 7) is 2.82. The fraction of sp³-hybridized carbons (Fsp3) is 0.357. The molecule has 1 fully saturated rings. The average Bonchev–Trinajstić information content (AvgIpc) is 2.82. The highest BCUT2D eigenvalue weighted by atomic mass is 19.4. The van der Waals surface area contributed by atoms with Crippen molar-refractivity contribution in [1.29, 1.82) is 0 Å². The Kier molecular flexibility index (Phi) is 3.38. The van der Waals surface area contributed by atoms with E-state index in [2.05, 4.69) is 10.2 Å². The molecule has 3 rings (SSSR count). The van der Waals surface area contributed by atoms with E-state index in [9.17, 15) is 18.0 Å². The number of carbonyl (C=O) groups excluding carboxylic acids is 1. The zero-order chi connectivity index (χ0) is 15.9. The zero-order valence-corrected chi connectivity index (χ0v) is 11.7. The van der Waals surface area contributed by atoms with Crippen LogP contribution >= 0.6 is 0 Å². The predicted octanol–water partition coefficient (Wildman–Crippen LogP) is 2.30. The Hall–Kier alpha value is -2.38. The van der Waals surface area contributed by atoms with Crippen molar-refractivity contribution in [1.82, 2.24) is 19.7 Å². The first-order valence-electron chi connectivity index (χ1n) is 6.69. The second kappa shape index (κ2) is 5.11. The molecule has 1 saturated heterocycles. The number of hydrogen-bond acceptors (Lipinski definition) is 3. The van der Waals surface area contributed by atoms with Gasteiger partial charge in [0.25, 0.3) is 5.91 Å². The Bertz CT molecular complexity index is 687. The van der Waals surface area contributed by atoms with E-state index < -0.39 is 11.7 Å². The molecule has 2 aromatic rings. The first kappa shape index (κ1) is 14.6. The van der Waals surface area contributed by atoms with E-state index in [1.165, 1.54) is 12.1 Å². The maximum Gasteiger partial charge on any atom is 0.416 e. The molecule has 0 atom stereocenters. The molecular weight excluding hydrogens is 297 g/mol. The molecule has 5 nitrogen and oxygen atoms in total. The monoisotopic (exact) mass is 310 g/mol. The predicted molar refractivity (Wildman–Crippen MR) is 71.1 cm³/mol. The molecule has 8 heteroatoms. The molecule has 0 radical (unpaired) electrons. The lowest BCUT2D eigenvalue weighted by atomic mass is 10.0. The van der Waals surface area contributed by atoms with E-state index in [0.29, 0.717) is 13.1 Å². The molecule has 0 bridgehead atoms. The van der Waals surface area contributed by atoms with Gasteiger partial charge >= 0.3 is 6.18 Å². The first-order chi connectivity index (χ1) is 10.4. The van der Waals surface area contributed by atoms with Crippen molar-refractivity contribution in [3.05, 3.63) is 47.5 Å². The summed E-state index contributed by atoms with van der Waals surface area (Å²) in [6.07, 6.45) is -2.78. The minimum Gasteiger partial charge on any atom is -0.334 e. The van der Waals surface area contributed by atoms with Crippen LogP contribution in [0.3, 0.4) is 0 Å². The Balaban J connectivity index is 1.65. The van der Waals surface area contributed by atoms with Crippen LogP contribution in [0, 0.1) is 6.92 Å². The molecule has 2 heterocycles. The van der Waals surface area contributed by atoms with E-state index in [-0.39, 0.29) is 17.5 Å². The van der Waals surface area contributed by atoms with Crippen molar-refractivity contribution in [2.24, 2.45) is 0 Å². The molecule has 0 aliphatic carbocycles. The lowest BCUT2D eigenvalue weighted by Crippen LogP contribution is -2.50. The fourth-order valence-electron chi connectivity index (χ4n) is 2.44. The SMILES string of the molecule is Cc1nncn1C1CN(C(=O)c2ccc(C(F)(F)F)cc2)C1. The second-order valence-electron chi connectivity index (χ2n) is 5.22. The van der Waals surface area contributed by atoms with Gasteiger partial charge in [0.05, 0.1) is 11.6 Å². The van der Waals surface area contributed by atoms with Crippen LogP contribution in [0.25, 0.3) is 0 Å². The maximum absolute atomic E-state index is 12.5. The van der Waals surface area contributed by atoms with Gasteiger partial charge in [0.15, 0.2) is 0 Å². The van der Waals surface area contributed by atoms with Crippen molar-refractivity contribution in [3.63, 3.8) is 0 Å². The van der Waals surface area contributed by atoms with Crippen LogP contribution in [0.2, 0.25) is 0 Å². The molecule has 116 valence electrons. The van der Waals surface area contributed by atoms with E-state index in [1.807, 2.05) is 11.5 Å². The lowest BCUT2D eigenvalue weighted by molar-refractivity contribution is -0.137. The molecule has 1 aliphatic rings. The number of aryl methyl sites for hydroxylation is 1. The molecule has 0 saturated carbocycles. The molecule has 0 unspecified atom stereocenters. The molecule has 1 aliphatic heterocycles. The largest absolute Gasteiger partial charge is 0.416 e. The first-order valence-corrected chi connectivity index (χ1v) is 6.69. The van der Waals surface area contributed by atoms with Gasteiger partial charge in [0, 0.05) is 18.7 Å². The molecule has 22 heavy (non-hydrogen) atoms. The number of nitrogens with zero attached hydrogens (tertiary/aromatic N) is 4. The number of hydrogen-bond donors (Lipinski definition) is 0. The molecule has 1 aromatic carbocycles. The van der Waals surface area contributed by atoms with Crippen LogP contribution in [-0.2, 0) is 6.18 Å². The van der Waals surface area contributed by atoms with Crippen LogP contribution in [0.1, 0.15) is 27.8 Å². The minimum absolute atomic E-state index is 0.119. The Labute approximate surface area is 124 Å². The minimum atomic E-state index is -4.39. The third kappa shape index (κ3) is 2.56. The Morgan fingerprint density at radius 3 is 2.36 bits per heavy atom. The van der Waals surface area contributed by atoms with Crippen LogP contribution < -0.4 is 0 Å². The highest BCUT2D eigenvalue weighted by Gasteiger charge is 2.34. The molecule has 1 aromatic heterocycles. The van der Waals surface area contributed by atoms with Crippen LogP contribution in [-0.4, -0.2) is 38.7 Å². The van der Waals surface area contributed by atoms with Crippen LogP contribution in [0.4, 0.5) is 13.2 Å². The highest BCUT2D eigenvalue weighted by molar-refractivity contribution is 5.94. The number of likely N-dealkylation sites (tertiary alicyclic amines) is 1. The van der Waals surface area contributed by atoms with Gasteiger partial charge < -0.3 is 9.47 Å². The topological polar surface area (TPSA) is 51.0 Å². The van der Waals surface area contributed by atoms with Crippen LogP contribution in [0.5, 0.6) is 0 Å². The molecule has 0 spiro atoms. The molecular formula is C14H13F3N4O. The van der Waals surface area contributed by atoms with Crippen molar-refractivity contribution in [2.75, 3.05) is 13.1 Å². The van der Waals surface area contributed by atoms with Gasteiger partial charge in [0.1, 0.15) is 12.2 Å². The van der Waals surface area contributed by atoms with E-state index in [1.54, 1.807) is 11.2 Å². The van der Waals surface area contributed by atoms with Crippen molar-refractivity contribution in [2.45, 2.75) is 19.1 Å². The van der Waals surface area contributed by atoms with E-state index in [4.69, 9.17) is 0 Å². The van der Waals surface area contributed by atoms with E-state index in [0.717, 1.165) is 18.0 Å². The number of aromatic nitrogens is 3. The highest BCUT2D eigenvalue weighted by Crippen LogP contribution is 2.30. The summed E-state index contributed by atoms with van der Waals surface area (Å²) >= 11 is 0. The van der Waals surface area contributed by atoms with Gasteiger partial charge in [-0.25, -0.2) is 0 Å². The summed E-state index contributed by atoms with van der Waals surface area (Å²) in [7, 11) is 0. The van der Waals surface area contributed by atoms with Gasteiger partial charge in [-0.15, -0.1) is 10.2 Å².